The van der Waals surface area contributed by atoms with E-state index in [1.165, 1.54) is 57.8 Å². The second-order valence-corrected chi connectivity index (χ2v) is 6.85. The van der Waals surface area contributed by atoms with Crippen molar-refractivity contribution in [3.05, 3.63) is 12.2 Å². The van der Waals surface area contributed by atoms with Gasteiger partial charge in [-0.2, -0.15) is 0 Å². The van der Waals surface area contributed by atoms with Crippen LogP contribution < -0.4 is 0 Å². The minimum absolute atomic E-state index is 0.154. The van der Waals surface area contributed by atoms with Gasteiger partial charge in [-0.05, 0) is 13.3 Å². The zero-order chi connectivity index (χ0) is 17.5. The molecule has 1 unspecified atom stereocenters. The fourth-order valence-corrected chi connectivity index (χ4v) is 2.36. The fourth-order valence-electron chi connectivity index (χ4n) is 2.36. The molecule has 0 saturated heterocycles. The average molecular weight is 327 g/mol. The standard InChI is InChI=1S/C20H38O3/c1-6-7-8-9-10-11-12-13-14-15-16-22-20(18(4)5)23-19(21)17(2)3/h18,20H,2,6-16H2,1,3-5H3. The van der Waals surface area contributed by atoms with Gasteiger partial charge in [0.05, 0.1) is 6.61 Å². The largest absolute Gasteiger partial charge is 0.432 e. The summed E-state index contributed by atoms with van der Waals surface area (Å²) in [7, 11) is 0. The Morgan fingerprint density at radius 3 is 1.83 bits per heavy atom. The molecule has 0 bridgehead atoms. The van der Waals surface area contributed by atoms with E-state index in [1.54, 1.807) is 6.92 Å². The molecular weight excluding hydrogens is 288 g/mol. The second-order valence-electron chi connectivity index (χ2n) is 6.85. The predicted molar refractivity (Wildman–Crippen MR) is 97.3 cm³/mol. The highest BCUT2D eigenvalue weighted by Gasteiger charge is 2.18. The summed E-state index contributed by atoms with van der Waals surface area (Å²) in [6, 6.07) is 0. The summed E-state index contributed by atoms with van der Waals surface area (Å²) in [6.07, 6.45) is 12.6. The lowest BCUT2D eigenvalue weighted by Gasteiger charge is -2.21. The minimum Gasteiger partial charge on any atom is -0.432 e. The molecule has 0 radical (unpaired) electrons. The average Bonchev–Trinajstić information content (AvgIpc) is 2.50. The maximum Gasteiger partial charge on any atom is 0.335 e. The van der Waals surface area contributed by atoms with Crippen LogP contribution in [0.4, 0.5) is 0 Å². The smallest absolute Gasteiger partial charge is 0.335 e. The molecular formula is C20H38O3. The summed E-state index contributed by atoms with van der Waals surface area (Å²) in [5.41, 5.74) is 0.415. The molecule has 0 saturated carbocycles. The van der Waals surface area contributed by atoms with Gasteiger partial charge < -0.3 is 9.47 Å². The first-order chi connectivity index (χ1) is 11.0. The van der Waals surface area contributed by atoms with Crippen LogP contribution in [0.15, 0.2) is 12.2 Å². The van der Waals surface area contributed by atoms with Gasteiger partial charge in [0, 0.05) is 11.5 Å². The Morgan fingerprint density at radius 2 is 1.39 bits per heavy atom. The van der Waals surface area contributed by atoms with Crippen LogP contribution in [-0.2, 0) is 14.3 Å². The molecule has 0 fully saturated rings. The zero-order valence-corrected chi connectivity index (χ0v) is 15.9. The van der Waals surface area contributed by atoms with Crippen molar-refractivity contribution in [2.24, 2.45) is 5.92 Å². The van der Waals surface area contributed by atoms with Gasteiger partial charge in [-0.1, -0.05) is 85.1 Å². The third-order valence-corrected chi connectivity index (χ3v) is 3.90. The summed E-state index contributed by atoms with van der Waals surface area (Å²) in [5, 5.41) is 0. The van der Waals surface area contributed by atoms with E-state index in [4.69, 9.17) is 9.47 Å². The van der Waals surface area contributed by atoms with Crippen molar-refractivity contribution >= 4 is 5.97 Å². The molecule has 0 rings (SSSR count). The van der Waals surface area contributed by atoms with Crippen LogP contribution in [-0.4, -0.2) is 18.9 Å². The topological polar surface area (TPSA) is 35.5 Å². The third kappa shape index (κ3) is 13.3. The van der Waals surface area contributed by atoms with Crippen LogP contribution in [0.2, 0.25) is 0 Å². The first-order valence-corrected chi connectivity index (χ1v) is 9.47. The summed E-state index contributed by atoms with van der Waals surface area (Å²) >= 11 is 0. The summed E-state index contributed by atoms with van der Waals surface area (Å²) in [4.78, 5) is 11.6. The van der Waals surface area contributed by atoms with Gasteiger partial charge in [-0.25, -0.2) is 4.79 Å². The summed E-state index contributed by atoms with van der Waals surface area (Å²) in [6.45, 7) is 12.2. The summed E-state index contributed by atoms with van der Waals surface area (Å²) < 4.78 is 11.0. The number of carbonyl (C=O) groups excluding carboxylic acids is 1. The van der Waals surface area contributed by atoms with E-state index in [1.807, 2.05) is 13.8 Å². The van der Waals surface area contributed by atoms with Gasteiger partial charge in [0.2, 0.25) is 6.29 Å². The van der Waals surface area contributed by atoms with E-state index in [2.05, 4.69) is 13.5 Å². The lowest BCUT2D eigenvalue weighted by molar-refractivity contribution is -0.184. The number of ether oxygens (including phenoxy) is 2. The molecule has 0 aliphatic carbocycles. The van der Waals surface area contributed by atoms with Crippen LogP contribution in [0.5, 0.6) is 0 Å². The molecule has 23 heavy (non-hydrogen) atoms. The lowest BCUT2D eigenvalue weighted by atomic mass is 10.1. The molecule has 0 aromatic heterocycles. The predicted octanol–water partition coefficient (Wildman–Crippen LogP) is 6.03. The molecule has 1 atom stereocenters. The quantitative estimate of drug-likeness (QED) is 0.160. The Balaban J connectivity index is 3.56. The maximum atomic E-state index is 11.6. The summed E-state index contributed by atoms with van der Waals surface area (Å²) in [5.74, 6) is -0.215. The SMILES string of the molecule is C=C(C)C(=O)OC(OCCCCCCCCCCCC)C(C)C. The Bertz CT molecular complexity index is 310. The van der Waals surface area contributed by atoms with E-state index in [0.717, 1.165) is 6.42 Å². The Morgan fingerprint density at radius 1 is 0.913 bits per heavy atom. The van der Waals surface area contributed by atoms with Gasteiger partial charge in [0.1, 0.15) is 0 Å². The Kier molecular flexibility index (Phi) is 14.2. The first-order valence-electron chi connectivity index (χ1n) is 9.47. The normalized spacial score (nSPS) is 12.4. The second kappa shape index (κ2) is 14.7. The van der Waals surface area contributed by atoms with E-state index in [-0.39, 0.29) is 11.9 Å². The Labute approximate surface area is 143 Å². The molecule has 0 aromatic rings. The molecule has 0 heterocycles. The molecule has 0 spiro atoms. The van der Waals surface area contributed by atoms with Gasteiger partial charge in [-0.3, -0.25) is 0 Å². The van der Waals surface area contributed by atoms with Crippen molar-refractivity contribution in [2.75, 3.05) is 6.61 Å². The van der Waals surface area contributed by atoms with Crippen molar-refractivity contribution in [1.29, 1.82) is 0 Å². The van der Waals surface area contributed by atoms with Crippen molar-refractivity contribution in [3.8, 4) is 0 Å². The molecule has 0 aromatic carbocycles. The third-order valence-electron chi connectivity index (χ3n) is 3.90. The first kappa shape index (κ1) is 22.2. The number of hydrogen-bond donors (Lipinski definition) is 0. The number of unbranched alkanes of at least 4 members (excludes halogenated alkanes) is 9. The molecule has 0 aliphatic rings. The van der Waals surface area contributed by atoms with Crippen molar-refractivity contribution in [1.82, 2.24) is 0 Å². The fraction of sp³-hybridized carbons (Fsp3) is 0.850. The highest BCUT2D eigenvalue weighted by atomic mass is 16.7. The van der Waals surface area contributed by atoms with Crippen molar-refractivity contribution in [2.45, 2.75) is 98.2 Å². The Hall–Kier alpha value is -0.830. The van der Waals surface area contributed by atoms with Crippen molar-refractivity contribution in [3.63, 3.8) is 0 Å². The molecule has 0 aliphatic heterocycles. The van der Waals surface area contributed by atoms with Gasteiger partial charge >= 0.3 is 5.97 Å². The van der Waals surface area contributed by atoms with Crippen LogP contribution in [0, 0.1) is 5.92 Å². The monoisotopic (exact) mass is 326 g/mol. The minimum atomic E-state index is -0.460. The maximum absolute atomic E-state index is 11.6. The number of carbonyl (C=O) groups is 1. The van der Waals surface area contributed by atoms with Crippen molar-refractivity contribution < 1.29 is 14.3 Å². The van der Waals surface area contributed by atoms with Crippen LogP contribution in [0.3, 0.4) is 0 Å². The number of rotatable bonds is 15. The molecule has 136 valence electrons. The number of esters is 1. The van der Waals surface area contributed by atoms with Gasteiger partial charge in [0.15, 0.2) is 0 Å². The number of hydrogen-bond acceptors (Lipinski definition) is 3. The highest BCUT2D eigenvalue weighted by Crippen LogP contribution is 2.13. The van der Waals surface area contributed by atoms with E-state index in [0.29, 0.717) is 12.2 Å². The van der Waals surface area contributed by atoms with E-state index in [9.17, 15) is 4.79 Å². The van der Waals surface area contributed by atoms with Gasteiger partial charge in [0.25, 0.3) is 0 Å². The molecule has 0 N–H and O–H groups in total. The molecule has 0 amide bonds. The van der Waals surface area contributed by atoms with Crippen LogP contribution in [0.25, 0.3) is 0 Å². The highest BCUT2D eigenvalue weighted by molar-refractivity contribution is 5.87. The zero-order valence-electron chi connectivity index (χ0n) is 15.9. The van der Waals surface area contributed by atoms with Crippen LogP contribution >= 0.6 is 0 Å². The van der Waals surface area contributed by atoms with E-state index < -0.39 is 6.29 Å². The lowest BCUT2D eigenvalue weighted by Crippen LogP contribution is -2.27. The van der Waals surface area contributed by atoms with E-state index >= 15 is 0 Å². The van der Waals surface area contributed by atoms with Gasteiger partial charge in [-0.15, -0.1) is 0 Å². The molecule has 3 heteroatoms. The molecule has 3 nitrogen and oxygen atoms in total. The van der Waals surface area contributed by atoms with Crippen LogP contribution in [0.1, 0.15) is 91.9 Å².